The molecule has 2 aromatic rings. The van der Waals surface area contributed by atoms with Gasteiger partial charge in [-0.05, 0) is 24.3 Å². The third kappa shape index (κ3) is 1.71. The molecule has 1 aromatic heterocycles. The predicted molar refractivity (Wildman–Crippen MR) is 50.5 cm³/mol. The maximum Gasteiger partial charge on any atom is 0.354 e. The van der Waals surface area contributed by atoms with Crippen molar-refractivity contribution in [2.75, 3.05) is 0 Å². The summed E-state index contributed by atoms with van der Waals surface area (Å²) < 4.78 is 14.1. The van der Waals surface area contributed by atoms with Crippen molar-refractivity contribution in [2.24, 2.45) is 0 Å². The molecule has 0 saturated carbocycles. The molecule has 0 radical (unpaired) electrons. The minimum Gasteiger partial charge on any atom is -0.477 e. The van der Waals surface area contributed by atoms with Crippen molar-refractivity contribution < 1.29 is 14.3 Å². The van der Waals surface area contributed by atoms with Gasteiger partial charge in [-0.25, -0.2) is 13.9 Å². The van der Waals surface area contributed by atoms with Crippen LogP contribution in [-0.4, -0.2) is 20.9 Å². The summed E-state index contributed by atoms with van der Waals surface area (Å²) in [5, 5.41) is 12.6. The first-order valence-electron chi connectivity index (χ1n) is 4.22. The van der Waals surface area contributed by atoms with Crippen LogP contribution in [0.4, 0.5) is 4.39 Å². The standard InChI is InChI=1S/C10H7FN2O2/c11-7-2-1-3-8(6-7)13-9(10(14)15)4-5-12-13/h1-6H,(H,14,15). The Kier molecular flexibility index (Phi) is 2.21. The second-order valence-electron chi connectivity index (χ2n) is 2.91. The molecule has 0 aliphatic heterocycles. The quantitative estimate of drug-likeness (QED) is 0.813. The van der Waals surface area contributed by atoms with Crippen LogP contribution in [-0.2, 0) is 0 Å². The summed E-state index contributed by atoms with van der Waals surface area (Å²) in [4.78, 5) is 10.8. The van der Waals surface area contributed by atoms with Crippen LogP contribution in [0.3, 0.4) is 0 Å². The van der Waals surface area contributed by atoms with Gasteiger partial charge in [-0.3, -0.25) is 0 Å². The lowest BCUT2D eigenvalue weighted by atomic mass is 10.3. The van der Waals surface area contributed by atoms with E-state index in [1.807, 2.05) is 0 Å². The average Bonchev–Trinajstić information content (AvgIpc) is 2.65. The zero-order chi connectivity index (χ0) is 10.8. The molecular weight excluding hydrogens is 199 g/mol. The molecule has 76 valence electrons. The zero-order valence-corrected chi connectivity index (χ0v) is 7.59. The van der Waals surface area contributed by atoms with Crippen LogP contribution in [0.15, 0.2) is 36.5 Å². The molecule has 0 bridgehead atoms. The topological polar surface area (TPSA) is 55.1 Å². The van der Waals surface area contributed by atoms with Crippen molar-refractivity contribution in [1.29, 1.82) is 0 Å². The maximum atomic E-state index is 12.9. The Morgan fingerprint density at radius 3 is 2.87 bits per heavy atom. The van der Waals surface area contributed by atoms with Gasteiger partial charge in [-0.1, -0.05) is 6.07 Å². The second-order valence-corrected chi connectivity index (χ2v) is 2.91. The molecule has 0 atom stereocenters. The summed E-state index contributed by atoms with van der Waals surface area (Å²) in [5.41, 5.74) is 0.387. The number of hydrogen-bond acceptors (Lipinski definition) is 2. The molecule has 1 heterocycles. The van der Waals surface area contributed by atoms with E-state index in [2.05, 4.69) is 5.10 Å². The molecule has 0 unspecified atom stereocenters. The largest absolute Gasteiger partial charge is 0.477 e. The van der Waals surface area contributed by atoms with Crippen LogP contribution in [0.2, 0.25) is 0 Å². The van der Waals surface area contributed by atoms with Crippen LogP contribution >= 0.6 is 0 Å². The summed E-state index contributed by atoms with van der Waals surface area (Å²) in [6.07, 6.45) is 1.36. The van der Waals surface area contributed by atoms with Gasteiger partial charge in [0, 0.05) is 0 Å². The number of carbonyl (C=O) groups is 1. The molecule has 0 amide bonds. The molecule has 15 heavy (non-hydrogen) atoms. The lowest BCUT2D eigenvalue weighted by molar-refractivity contribution is 0.0687. The molecule has 0 aliphatic rings. The van der Waals surface area contributed by atoms with E-state index in [0.29, 0.717) is 5.69 Å². The number of hydrogen-bond donors (Lipinski definition) is 1. The van der Waals surface area contributed by atoms with E-state index in [4.69, 9.17) is 5.11 Å². The number of halogens is 1. The van der Waals surface area contributed by atoms with Crippen molar-refractivity contribution in [3.05, 3.63) is 48.0 Å². The van der Waals surface area contributed by atoms with Gasteiger partial charge in [0.1, 0.15) is 5.82 Å². The second kappa shape index (κ2) is 3.53. The van der Waals surface area contributed by atoms with Crippen LogP contribution in [0.25, 0.3) is 5.69 Å². The summed E-state index contributed by atoms with van der Waals surface area (Å²) in [6.45, 7) is 0. The van der Waals surface area contributed by atoms with Gasteiger partial charge >= 0.3 is 5.97 Å². The van der Waals surface area contributed by atoms with Crippen molar-refractivity contribution >= 4 is 5.97 Å². The fourth-order valence-corrected chi connectivity index (χ4v) is 1.28. The van der Waals surface area contributed by atoms with E-state index in [1.54, 1.807) is 6.07 Å². The van der Waals surface area contributed by atoms with E-state index in [0.717, 1.165) is 0 Å². The van der Waals surface area contributed by atoms with E-state index in [9.17, 15) is 9.18 Å². The smallest absolute Gasteiger partial charge is 0.354 e. The number of aromatic carboxylic acids is 1. The maximum absolute atomic E-state index is 12.9. The average molecular weight is 206 g/mol. The van der Waals surface area contributed by atoms with Gasteiger partial charge in [-0.15, -0.1) is 0 Å². The van der Waals surface area contributed by atoms with Crippen molar-refractivity contribution in [3.63, 3.8) is 0 Å². The molecule has 5 heteroatoms. The van der Waals surface area contributed by atoms with Crippen LogP contribution in [0, 0.1) is 5.82 Å². The first-order valence-corrected chi connectivity index (χ1v) is 4.22. The molecule has 0 spiro atoms. The molecule has 0 aliphatic carbocycles. The molecule has 2 rings (SSSR count). The van der Waals surface area contributed by atoms with Gasteiger partial charge in [0.25, 0.3) is 0 Å². The Hall–Kier alpha value is -2.17. The highest BCUT2D eigenvalue weighted by Crippen LogP contribution is 2.11. The Morgan fingerprint density at radius 2 is 2.20 bits per heavy atom. The number of rotatable bonds is 2. The minimum absolute atomic E-state index is 0.000556. The van der Waals surface area contributed by atoms with Crippen LogP contribution in [0.1, 0.15) is 10.5 Å². The third-order valence-electron chi connectivity index (χ3n) is 1.91. The fraction of sp³-hybridized carbons (Fsp3) is 0. The Morgan fingerprint density at radius 1 is 1.40 bits per heavy atom. The number of nitrogens with zero attached hydrogens (tertiary/aromatic N) is 2. The SMILES string of the molecule is O=C(O)c1ccnn1-c1cccc(F)c1. The molecule has 4 nitrogen and oxygen atoms in total. The monoisotopic (exact) mass is 206 g/mol. The van der Waals surface area contributed by atoms with Gasteiger partial charge in [-0.2, -0.15) is 5.10 Å². The Labute approximate surface area is 84.6 Å². The van der Waals surface area contributed by atoms with Gasteiger partial charge in [0.05, 0.1) is 11.9 Å². The van der Waals surface area contributed by atoms with E-state index in [-0.39, 0.29) is 5.69 Å². The normalized spacial score (nSPS) is 10.2. The van der Waals surface area contributed by atoms with Gasteiger partial charge < -0.3 is 5.11 Å². The van der Waals surface area contributed by atoms with E-state index in [1.165, 1.54) is 35.1 Å². The molecule has 1 aromatic carbocycles. The first-order chi connectivity index (χ1) is 7.18. The zero-order valence-electron chi connectivity index (χ0n) is 7.59. The van der Waals surface area contributed by atoms with Crippen LogP contribution < -0.4 is 0 Å². The summed E-state index contributed by atoms with van der Waals surface area (Å²) in [5.74, 6) is -1.53. The van der Waals surface area contributed by atoms with E-state index < -0.39 is 11.8 Å². The van der Waals surface area contributed by atoms with Crippen molar-refractivity contribution in [3.8, 4) is 5.69 Å². The third-order valence-corrected chi connectivity index (χ3v) is 1.91. The molecule has 0 fully saturated rings. The molecule has 1 N–H and O–H groups in total. The highest BCUT2D eigenvalue weighted by atomic mass is 19.1. The molecule has 0 saturated heterocycles. The Balaban J connectivity index is 2.54. The number of benzene rings is 1. The van der Waals surface area contributed by atoms with Gasteiger partial charge in [0.2, 0.25) is 0 Å². The van der Waals surface area contributed by atoms with Gasteiger partial charge in [0.15, 0.2) is 5.69 Å². The predicted octanol–water partition coefficient (Wildman–Crippen LogP) is 1.71. The summed E-state index contributed by atoms with van der Waals surface area (Å²) >= 11 is 0. The minimum atomic E-state index is -1.10. The molecular formula is C10H7FN2O2. The highest BCUT2D eigenvalue weighted by molar-refractivity contribution is 5.86. The first kappa shape index (κ1) is 9.39. The van der Waals surface area contributed by atoms with E-state index >= 15 is 0 Å². The number of aromatic nitrogens is 2. The number of carboxylic acid groups (broad SMARTS) is 1. The highest BCUT2D eigenvalue weighted by Gasteiger charge is 2.11. The van der Waals surface area contributed by atoms with Crippen LogP contribution in [0.5, 0.6) is 0 Å². The van der Waals surface area contributed by atoms with Crippen molar-refractivity contribution in [1.82, 2.24) is 9.78 Å². The lowest BCUT2D eigenvalue weighted by Crippen LogP contribution is -2.07. The number of carboxylic acids is 1. The summed E-state index contributed by atoms with van der Waals surface area (Å²) in [6, 6.07) is 6.95. The van der Waals surface area contributed by atoms with Crippen molar-refractivity contribution in [2.45, 2.75) is 0 Å². The summed E-state index contributed by atoms with van der Waals surface area (Å²) in [7, 11) is 0. The fourth-order valence-electron chi connectivity index (χ4n) is 1.28. The Bertz CT molecular complexity index is 508. The lowest BCUT2D eigenvalue weighted by Gasteiger charge is -2.03.